The first-order valence-corrected chi connectivity index (χ1v) is 12.1. The number of hydrogen-bond acceptors (Lipinski definition) is 4. The predicted molar refractivity (Wildman–Crippen MR) is 127 cm³/mol. The molecule has 0 unspecified atom stereocenters. The van der Waals surface area contributed by atoms with E-state index in [9.17, 15) is 9.59 Å². The highest BCUT2D eigenvalue weighted by Gasteiger charge is 2.43. The lowest BCUT2D eigenvalue weighted by Gasteiger charge is -2.39. The van der Waals surface area contributed by atoms with Crippen LogP contribution in [0.2, 0.25) is 0 Å². The van der Waals surface area contributed by atoms with Crippen LogP contribution in [0.4, 0.5) is 0 Å². The molecule has 0 bridgehead atoms. The van der Waals surface area contributed by atoms with Crippen LogP contribution >= 0.6 is 0 Å². The number of hydrogen-bond donors (Lipinski definition) is 1. The van der Waals surface area contributed by atoms with Gasteiger partial charge in [-0.1, -0.05) is 13.8 Å². The Hall–Kier alpha value is -2.67. The van der Waals surface area contributed by atoms with Crippen molar-refractivity contribution < 1.29 is 14.3 Å². The summed E-state index contributed by atoms with van der Waals surface area (Å²) in [6, 6.07) is 9.54. The van der Waals surface area contributed by atoms with Crippen LogP contribution in [-0.4, -0.2) is 57.8 Å². The molecular weight excluding hydrogens is 416 g/mol. The van der Waals surface area contributed by atoms with E-state index >= 15 is 0 Å². The number of nitrogens with zero attached hydrogens (tertiary/aromatic N) is 3. The molecule has 1 spiro atoms. The molecule has 1 N–H and O–H groups in total. The fraction of sp³-hybridized carbons (Fsp3) is 0.577. The van der Waals surface area contributed by atoms with E-state index in [1.165, 1.54) is 0 Å². The van der Waals surface area contributed by atoms with E-state index in [2.05, 4.69) is 24.3 Å². The zero-order chi connectivity index (χ0) is 23.6. The summed E-state index contributed by atoms with van der Waals surface area (Å²) in [5, 5.41) is 7.52. The molecule has 2 aromatic rings. The number of nitrogens with one attached hydrogen (secondary N) is 1. The minimum Gasteiger partial charge on any atom is -0.370 e. The first-order chi connectivity index (χ1) is 15.7. The Labute approximate surface area is 196 Å². The molecule has 2 saturated heterocycles. The third kappa shape index (κ3) is 5.46. The fourth-order valence-electron chi connectivity index (χ4n) is 5.00. The van der Waals surface area contributed by atoms with Gasteiger partial charge in [-0.25, -0.2) is 4.68 Å². The van der Waals surface area contributed by atoms with Crippen molar-refractivity contribution in [2.45, 2.75) is 71.5 Å². The lowest BCUT2D eigenvalue weighted by molar-refractivity contribution is -0.138. The smallest absolute Gasteiger partial charge is 0.251 e. The van der Waals surface area contributed by atoms with Crippen LogP contribution in [0, 0.1) is 19.8 Å². The van der Waals surface area contributed by atoms with E-state index in [4.69, 9.17) is 4.74 Å². The zero-order valence-electron chi connectivity index (χ0n) is 20.3. The molecule has 0 saturated carbocycles. The summed E-state index contributed by atoms with van der Waals surface area (Å²) in [7, 11) is 0. The second-order valence-corrected chi connectivity index (χ2v) is 10.0. The van der Waals surface area contributed by atoms with Crippen molar-refractivity contribution in [1.82, 2.24) is 20.0 Å². The van der Waals surface area contributed by atoms with Crippen LogP contribution < -0.4 is 5.32 Å². The summed E-state index contributed by atoms with van der Waals surface area (Å²) in [6.45, 7) is 10.2. The van der Waals surface area contributed by atoms with Crippen molar-refractivity contribution in [1.29, 1.82) is 0 Å². The standard InChI is InChI=1S/C26H36N4O3/c1-18(2)15-24(31)29-13-11-26(12-14-29)10-9-23(33-26)17-27-25(32)21-5-7-22(8-6-21)30-20(4)16-19(3)28-30/h5-8,16,18,23H,9-15,17H2,1-4H3,(H,27,32)/t23-/m0/s1. The van der Waals surface area contributed by atoms with Crippen molar-refractivity contribution in [2.75, 3.05) is 19.6 Å². The lowest BCUT2D eigenvalue weighted by atomic mass is 9.88. The summed E-state index contributed by atoms with van der Waals surface area (Å²) < 4.78 is 8.29. The summed E-state index contributed by atoms with van der Waals surface area (Å²) in [6.07, 6.45) is 4.35. The number of piperidine rings is 1. The molecule has 33 heavy (non-hydrogen) atoms. The third-order valence-corrected chi connectivity index (χ3v) is 6.82. The van der Waals surface area contributed by atoms with Crippen LogP contribution in [0.25, 0.3) is 5.69 Å². The molecular formula is C26H36N4O3. The van der Waals surface area contributed by atoms with Gasteiger partial charge in [-0.2, -0.15) is 5.10 Å². The average molecular weight is 453 g/mol. The SMILES string of the molecule is Cc1cc(C)n(-c2ccc(C(=O)NC[C@@H]3CCC4(CCN(C(=O)CC(C)C)CC4)O3)cc2)n1. The minimum absolute atomic E-state index is 0.0286. The first kappa shape index (κ1) is 23.5. The topological polar surface area (TPSA) is 76.5 Å². The second kappa shape index (κ2) is 9.67. The predicted octanol–water partition coefficient (Wildman–Crippen LogP) is 3.81. The van der Waals surface area contributed by atoms with Crippen molar-refractivity contribution in [3.05, 3.63) is 47.3 Å². The molecule has 178 valence electrons. The monoisotopic (exact) mass is 452 g/mol. The highest BCUT2D eigenvalue weighted by molar-refractivity contribution is 5.94. The van der Waals surface area contributed by atoms with Crippen LogP contribution in [0.15, 0.2) is 30.3 Å². The van der Waals surface area contributed by atoms with Crippen LogP contribution in [0.5, 0.6) is 0 Å². The molecule has 0 radical (unpaired) electrons. The van der Waals surface area contributed by atoms with Gasteiger partial charge in [0.15, 0.2) is 0 Å². The summed E-state index contributed by atoms with van der Waals surface area (Å²) in [5.41, 5.74) is 3.47. The number of carbonyl (C=O) groups excluding carboxylic acids is 2. The van der Waals surface area contributed by atoms with Crippen molar-refractivity contribution in [3.63, 3.8) is 0 Å². The van der Waals surface area contributed by atoms with Gasteiger partial charge in [0.2, 0.25) is 5.91 Å². The maximum atomic E-state index is 12.7. The lowest BCUT2D eigenvalue weighted by Crippen LogP contribution is -2.47. The quantitative estimate of drug-likeness (QED) is 0.723. The van der Waals surface area contributed by atoms with E-state index in [1.54, 1.807) is 0 Å². The Morgan fingerprint density at radius 2 is 1.85 bits per heavy atom. The van der Waals surface area contributed by atoms with Crippen LogP contribution in [0.3, 0.4) is 0 Å². The number of likely N-dealkylation sites (tertiary alicyclic amines) is 1. The van der Waals surface area contributed by atoms with Crippen molar-refractivity contribution >= 4 is 11.8 Å². The number of carbonyl (C=O) groups is 2. The molecule has 4 rings (SSSR count). The van der Waals surface area contributed by atoms with Crippen molar-refractivity contribution in [3.8, 4) is 5.69 Å². The van der Waals surface area contributed by atoms with Gasteiger partial charge >= 0.3 is 0 Å². The maximum absolute atomic E-state index is 12.7. The fourth-order valence-corrected chi connectivity index (χ4v) is 5.00. The molecule has 1 atom stereocenters. The van der Waals surface area contributed by atoms with Gasteiger partial charge < -0.3 is 15.0 Å². The maximum Gasteiger partial charge on any atom is 0.251 e. The van der Waals surface area contributed by atoms with E-state index in [0.29, 0.717) is 24.4 Å². The first-order valence-electron chi connectivity index (χ1n) is 12.1. The summed E-state index contributed by atoms with van der Waals surface area (Å²) in [4.78, 5) is 27.0. The van der Waals surface area contributed by atoms with Gasteiger partial charge in [0.05, 0.1) is 23.1 Å². The summed E-state index contributed by atoms with van der Waals surface area (Å²) >= 11 is 0. The number of ether oxygens (including phenoxy) is 1. The molecule has 0 aliphatic carbocycles. The number of benzene rings is 1. The Balaban J connectivity index is 1.25. The van der Waals surface area contributed by atoms with Gasteiger partial charge in [-0.15, -0.1) is 0 Å². The van der Waals surface area contributed by atoms with Crippen molar-refractivity contribution in [2.24, 2.45) is 5.92 Å². The number of amides is 2. The molecule has 3 heterocycles. The molecule has 2 amide bonds. The van der Waals surface area contributed by atoms with E-state index in [-0.39, 0.29) is 23.5 Å². The van der Waals surface area contributed by atoms with Gasteiger partial charge in [-0.05, 0) is 75.8 Å². The van der Waals surface area contributed by atoms with E-state index in [0.717, 1.165) is 55.8 Å². The van der Waals surface area contributed by atoms with Crippen LogP contribution in [-0.2, 0) is 9.53 Å². The Kier molecular flexibility index (Phi) is 6.88. The number of aryl methyl sites for hydroxylation is 2. The Bertz CT molecular complexity index is 987. The highest BCUT2D eigenvalue weighted by atomic mass is 16.5. The number of aromatic nitrogens is 2. The Morgan fingerprint density at radius 1 is 1.15 bits per heavy atom. The van der Waals surface area contributed by atoms with Gasteiger partial charge in [0.1, 0.15) is 0 Å². The molecule has 7 heteroatoms. The third-order valence-electron chi connectivity index (χ3n) is 6.82. The van der Waals surface area contributed by atoms with E-state index in [1.807, 2.05) is 53.8 Å². The number of rotatable bonds is 6. The second-order valence-electron chi connectivity index (χ2n) is 10.0. The van der Waals surface area contributed by atoms with E-state index < -0.39 is 0 Å². The average Bonchev–Trinajstić information content (AvgIpc) is 3.34. The molecule has 2 aliphatic rings. The van der Waals surface area contributed by atoms with Gasteiger partial charge in [0.25, 0.3) is 5.91 Å². The summed E-state index contributed by atoms with van der Waals surface area (Å²) in [5.74, 6) is 0.554. The van der Waals surface area contributed by atoms with Gasteiger partial charge in [0, 0.05) is 37.3 Å². The molecule has 1 aromatic heterocycles. The highest BCUT2D eigenvalue weighted by Crippen LogP contribution is 2.39. The molecule has 2 fully saturated rings. The van der Waals surface area contributed by atoms with Gasteiger partial charge in [-0.3, -0.25) is 9.59 Å². The molecule has 1 aromatic carbocycles. The molecule has 7 nitrogen and oxygen atoms in total. The normalized spacial score (nSPS) is 19.9. The zero-order valence-corrected chi connectivity index (χ0v) is 20.3. The Morgan fingerprint density at radius 3 is 2.45 bits per heavy atom. The van der Waals surface area contributed by atoms with Crippen LogP contribution in [0.1, 0.15) is 67.7 Å². The minimum atomic E-state index is -0.134. The molecule has 2 aliphatic heterocycles. The largest absolute Gasteiger partial charge is 0.370 e.